The van der Waals surface area contributed by atoms with Crippen molar-refractivity contribution in [1.29, 1.82) is 0 Å². The molecule has 2 aromatic rings. The first kappa shape index (κ1) is 12.1. The molecule has 5 nitrogen and oxygen atoms in total. The van der Waals surface area contributed by atoms with E-state index in [4.69, 9.17) is 4.74 Å². The van der Waals surface area contributed by atoms with Crippen LogP contribution in [-0.4, -0.2) is 36.7 Å². The highest BCUT2D eigenvalue weighted by Gasteiger charge is 2.21. The molecule has 1 aliphatic heterocycles. The zero-order valence-corrected chi connectivity index (χ0v) is 10.4. The van der Waals surface area contributed by atoms with Crippen molar-refractivity contribution in [2.24, 2.45) is 0 Å². The molecule has 0 spiro atoms. The summed E-state index contributed by atoms with van der Waals surface area (Å²) in [7, 11) is 0. The number of anilines is 1. The minimum atomic E-state index is -0.418. The molecular weight excluding hydrogens is 242 g/mol. The molecule has 19 heavy (non-hydrogen) atoms. The lowest BCUT2D eigenvalue weighted by Gasteiger charge is -2.22. The molecule has 1 aromatic heterocycles. The number of morpholine rings is 1. The summed E-state index contributed by atoms with van der Waals surface area (Å²) in [4.78, 5) is 16.3. The number of fused-ring (bicyclic) bond motifs is 1. The van der Waals surface area contributed by atoms with E-state index in [1.54, 1.807) is 6.20 Å². The van der Waals surface area contributed by atoms with Crippen LogP contribution < -0.4 is 10.6 Å². The fourth-order valence-corrected chi connectivity index (χ4v) is 2.11. The van der Waals surface area contributed by atoms with Crippen LogP contribution in [-0.2, 0) is 9.53 Å². The van der Waals surface area contributed by atoms with E-state index in [-0.39, 0.29) is 5.91 Å². The van der Waals surface area contributed by atoms with E-state index in [1.807, 2.05) is 30.3 Å². The van der Waals surface area contributed by atoms with Crippen molar-refractivity contribution in [3.05, 3.63) is 36.5 Å². The molecule has 1 amide bonds. The Hall–Kier alpha value is -1.98. The molecule has 0 radical (unpaired) electrons. The summed E-state index contributed by atoms with van der Waals surface area (Å²) in [5, 5.41) is 7.01. The number of hydrogen-bond acceptors (Lipinski definition) is 4. The largest absolute Gasteiger partial charge is 0.366 e. The van der Waals surface area contributed by atoms with Gasteiger partial charge in [-0.05, 0) is 24.3 Å². The minimum Gasteiger partial charge on any atom is -0.366 e. The number of nitrogens with zero attached hydrogens (tertiary/aromatic N) is 1. The van der Waals surface area contributed by atoms with Gasteiger partial charge in [-0.2, -0.15) is 0 Å². The summed E-state index contributed by atoms with van der Waals surface area (Å²) in [6.07, 6.45) is 1.33. The Morgan fingerprint density at radius 1 is 1.42 bits per heavy atom. The summed E-state index contributed by atoms with van der Waals surface area (Å²) in [6.45, 7) is 1.92. The van der Waals surface area contributed by atoms with Gasteiger partial charge < -0.3 is 15.4 Å². The van der Waals surface area contributed by atoms with Crippen LogP contribution in [0.25, 0.3) is 10.9 Å². The summed E-state index contributed by atoms with van der Waals surface area (Å²) in [5.41, 5.74) is 1.68. The Morgan fingerprint density at radius 3 is 3.21 bits per heavy atom. The first-order valence-electron chi connectivity index (χ1n) is 6.31. The molecule has 1 saturated heterocycles. The van der Waals surface area contributed by atoms with Crippen LogP contribution in [0.15, 0.2) is 36.5 Å². The molecule has 2 heterocycles. The van der Waals surface area contributed by atoms with E-state index in [0.29, 0.717) is 13.2 Å². The van der Waals surface area contributed by atoms with Crippen LogP contribution in [0.5, 0.6) is 0 Å². The van der Waals surface area contributed by atoms with E-state index >= 15 is 0 Å². The highest BCUT2D eigenvalue weighted by atomic mass is 16.5. The minimum absolute atomic E-state index is 0.115. The predicted octanol–water partition coefficient (Wildman–Crippen LogP) is 1.16. The Morgan fingerprint density at radius 2 is 2.37 bits per heavy atom. The number of ether oxygens (including phenoxy) is 1. The third-order valence-corrected chi connectivity index (χ3v) is 3.09. The normalized spacial score (nSPS) is 19.3. The maximum absolute atomic E-state index is 12.0. The second kappa shape index (κ2) is 5.34. The van der Waals surface area contributed by atoms with Crippen molar-refractivity contribution in [3.8, 4) is 0 Å². The van der Waals surface area contributed by atoms with Crippen LogP contribution in [0.4, 0.5) is 5.69 Å². The van der Waals surface area contributed by atoms with Crippen molar-refractivity contribution in [3.63, 3.8) is 0 Å². The molecule has 1 aliphatic rings. The maximum atomic E-state index is 12.0. The van der Waals surface area contributed by atoms with Crippen molar-refractivity contribution in [2.75, 3.05) is 25.0 Å². The average molecular weight is 257 g/mol. The summed E-state index contributed by atoms with van der Waals surface area (Å²) < 4.78 is 5.41. The van der Waals surface area contributed by atoms with Crippen LogP contribution in [0.1, 0.15) is 0 Å². The number of rotatable bonds is 2. The molecule has 1 aromatic carbocycles. The fourth-order valence-electron chi connectivity index (χ4n) is 2.11. The standard InChI is InChI=1S/C14H15N3O2/c18-14(13-9-15-6-7-19-13)17-11-3-4-12-10(8-11)2-1-5-16-12/h1-5,8,13,15H,6-7,9H2,(H,17,18). The molecule has 2 N–H and O–H groups in total. The van der Waals surface area contributed by atoms with Crippen molar-refractivity contribution in [2.45, 2.75) is 6.10 Å². The number of aromatic nitrogens is 1. The van der Waals surface area contributed by atoms with Gasteiger partial charge in [0.1, 0.15) is 6.10 Å². The van der Waals surface area contributed by atoms with E-state index in [0.717, 1.165) is 23.1 Å². The topological polar surface area (TPSA) is 63.2 Å². The Bertz CT molecular complexity index is 594. The molecular formula is C14H15N3O2. The number of nitrogens with one attached hydrogen (secondary N) is 2. The average Bonchev–Trinajstić information content (AvgIpc) is 2.48. The Labute approximate surface area is 111 Å². The van der Waals surface area contributed by atoms with Gasteiger partial charge in [0.2, 0.25) is 0 Å². The van der Waals surface area contributed by atoms with E-state index in [9.17, 15) is 4.79 Å². The predicted molar refractivity (Wildman–Crippen MR) is 73.0 cm³/mol. The lowest BCUT2D eigenvalue weighted by Crippen LogP contribution is -2.45. The van der Waals surface area contributed by atoms with Gasteiger partial charge in [-0.15, -0.1) is 0 Å². The smallest absolute Gasteiger partial charge is 0.254 e. The molecule has 98 valence electrons. The number of carbonyl (C=O) groups is 1. The number of hydrogen-bond donors (Lipinski definition) is 2. The first-order chi connectivity index (χ1) is 9.33. The SMILES string of the molecule is O=C(Nc1ccc2ncccc2c1)C1CNCCO1. The lowest BCUT2D eigenvalue weighted by atomic mass is 10.2. The van der Waals surface area contributed by atoms with Crippen LogP contribution in [0.2, 0.25) is 0 Å². The number of benzene rings is 1. The highest BCUT2D eigenvalue weighted by molar-refractivity contribution is 5.96. The molecule has 0 bridgehead atoms. The lowest BCUT2D eigenvalue weighted by molar-refractivity contribution is -0.128. The summed E-state index contributed by atoms with van der Waals surface area (Å²) in [5.74, 6) is -0.115. The molecule has 0 aliphatic carbocycles. The second-order valence-corrected chi connectivity index (χ2v) is 4.46. The van der Waals surface area contributed by atoms with Gasteiger partial charge in [0, 0.05) is 30.4 Å². The third-order valence-electron chi connectivity index (χ3n) is 3.09. The van der Waals surface area contributed by atoms with E-state index < -0.39 is 6.10 Å². The second-order valence-electron chi connectivity index (χ2n) is 4.46. The van der Waals surface area contributed by atoms with Gasteiger partial charge in [-0.1, -0.05) is 6.07 Å². The first-order valence-corrected chi connectivity index (χ1v) is 6.31. The van der Waals surface area contributed by atoms with Crippen LogP contribution in [0.3, 0.4) is 0 Å². The Kier molecular flexibility index (Phi) is 3.39. The van der Waals surface area contributed by atoms with Gasteiger partial charge in [-0.25, -0.2) is 0 Å². The fraction of sp³-hybridized carbons (Fsp3) is 0.286. The van der Waals surface area contributed by atoms with E-state index in [2.05, 4.69) is 15.6 Å². The van der Waals surface area contributed by atoms with Crippen molar-refractivity contribution >= 4 is 22.5 Å². The molecule has 3 rings (SSSR count). The van der Waals surface area contributed by atoms with Crippen LogP contribution in [0, 0.1) is 0 Å². The summed E-state index contributed by atoms with van der Waals surface area (Å²) >= 11 is 0. The van der Waals surface area contributed by atoms with Gasteiger partial charge in [-0.3, -0.25) is 9.78 Å². The van der Waals surface area contributed by atoms with Gasteiger partial charge in [0.05, 0.1) is 12.1 Å². The zero-order chi connectivity index (χ0) is 13.1. The zero-order valence-electron chi connectivity index (χ0n) is 10.4. The molecule has 1 fully saturated rings. The molecule has 1 atom stereocenters. The molecule has 1 unspecified atom stereocenters. The quantitative estimate of drug-likeness (QED) is 0.847. The number of carbonyl (C=O) groups excluding carboxylic acids is 1. The number of pyridine rings is 1. The van der Waals surface area contributed by atoms with Crippen LogP contribution >= 0.6 is 0 Å². The monoisotopic (exact) mass is 257 g/mol. The number of amides is 1. The molecule has 0 saturated carbocycles. The third kappa shape index (κ3) is 2.72. The van der Waals surface area contributed by atoms with Gasteiger partial charge in [0.25, 0.3) is 5.91 Å². The maximum Gasteiger partial charge on any atom is 0.254 e. The molecule has 5 heteroatoms. The van der Waals surface area contributed by atoms with Crippen molar-refractivity contribution < 1.29 is 9.53 Å². The van der Waals surface area contributed by atoms with E-state index in [1.165, 1.54) is 0 Å². The summed E-state index contributed by atoms with van der Waals surface area (Å²) in [6, 6.07) is 9.50. The highest BCUT2D eigenvalue weighted by Crippen LogP contribution is 2.17. The van der Waals surface area contributed by atoms with Crippen molar-refractivity contribution in [1.82, 2.24) is 10.3 Å². The van der Waals surface area contributed by atoms with Gasteiger partial charge >= 0.3 is 0 Å². The van der Waals surface area contributed by atoms with Gasteiger partial charge in [0.15, 0.2) is 0 Å². The Balaban J connectivity index is 1.75.